The first kappa shape index (κ1) is 96.8. The van der Waals surface area contributed by atoms with Gasteiger partial charge in [0, 0.05) is 30.1 Å². The molecular weight excluding hydrogens is 1600 g/mol. The summed E-state index contributed by atoms with van der Waals surface area (Å²) in [5.74, 6) is -9.43. The summed E-state index contributed by atoms with van der Waals surface area (Å²) < 4.78 is 114. The lowest BCUT2D eigenvalue weighted by Crippen LogP contribution is -2.68. The van der Waals surface area contributed by atoms with Crippen molar-refractivity contribution in [2.75, 3.05) is 66.1 Å². The molecule has 10 aliphatic heterocycles. The molecule has 10 saturated heterocycles. The Morgan fingerprint density at radius 2 is 0.675 bits per heavy atom. The van der Waals surface area contributed by atoms with Gasteiger partial charge in [-0.1, -0.05) is 27.7 Å². The fourth-order valence-corrected chi connectivity index (χ4v) is 15.9. The van der Waals surface area contributed by atoms with Crippen LogP contribution in [-0.4, -0.2) is 503 Å². The average Bonchev–Trinajstić information content (AvgIpc) is 0.759. The highest BCUT2D eigenvalue weighted by Gasteiger charge is 2.62. The lowest BCUT2D eigenvalue weighted by molar-refractivity contribution is -0.402. The molecule has 49 nitrogen and oxygen atoms in total. The minimum atomic E-state index is -2.94. The zero-order valence-corrected chi connectivity index (χ0v) is 63.9. The monoisotopic (exact) mass is 1720 g/mol. The Kier molecular flexibility index (Phi) is 34.2. The van der Waals surface area contributed by atoms with Crippen molar-refractivity contribution < 1.29 is 238 Å². The third kappa shape index (κ3) is 20.2. The summed E-state index contributed by atoms with van der Waals surface area (Å²) in [5, 5.41) is 309. The maximum atomic E-state index is 12.8. The number of carbonyl (C=O) groups is 1. The second-order valence-corrected chi connectivity index (χ2v) is 31.4. The van der Waals surface area contributed by atoms with Gasteiger partial charge in [0.25, 0.3) is 5.79 Å². The third-order valence-electron chi connectivity index (χ3n) is 23.7. The number of ether oxygens (including phenoxy) is 19. The van der Waals surface area contributed by atoms with Gasteiger partial charge >= 0.3 is 5.97 Å². The molecule has 10 rings (SSSR count). The van der Waals surface area contributed by atoms with E-state index in [4.69, 9.17) is 95.7 Å². The summed E-state index contributed by atoms with van der Waals surface area (Å²) in [7, 11) is 0. The van der Waals surface area contributed by atoms with Crippen molar-refractivity contribution in [1.82, 2.24) is 0 Å². The first-order valence-corrected chi connectivity index (χ1v) is 38.5. The molecule has 10 heterocycles. The lowest BCUT2D eigenvalue weighted by Gasteiger charge is -2.51. The van der Waals surface area contributed by atoms with Crippen LogP contribution in [0.25, 0.3) is 0 Å². The molecule has 51 atom stereocenters. The molecule has 0 aliphatic carbocycles. The molecule has 0 saturated carbocycles. The van der Waals surface area contributed by atoms with Gasteiger partial charge in [0.2, 0.25) is 0 Å². The Bertz CT molecular complexity index is 3020. The molecule has 682 valence electrons. The van der Waals surface area contributed by atoms with Crippen LogP contribution < -0.4 is 5.73 Å². The van der Waals surface area contributed by atoms with Gasteiger partial charge in [-0.25, -0.2) is 4.79 Å². The highest BCUT2D eigenvalue weighted by atomic mass is 16.8. The number of aliphatic carboxylic acids is 1. The average molecular weight is 1720 g/mol. The highest BCUT2D eigenvalue weighted by Crippen LogP contribution is 2.43. The molecular formula is C68H117NO48. The van der Waals surface area contributed by atoms with Crippen molar-refractivity contribution in [3.05, 3.63) is 0 Å². The molecule has 117 heavy (non-hydrogen) atoms. The predicted octanol–water partition coefficient (Wildman–Crippen LogP) is -17.5. The van der Waals surface area contributed by atoms with E-state index >= 15 is 0 Å². The minimum absolute atomic E-state index is 0.552. The van der Waals surface area contributed by atoms with Gasteiger partial charge in [-0.2, -0.15) is 0 Å². The molecule has 0 bridgehead atoms. The van der Waals surface area contributed by atoms with Crippen molar-refractivity contribution in [3.63, 3.8) is 0 Å². The minimum Gasteiger partial charge on any atom is -0.477 e. The van der Waals surface area contributed by atoms with Crippen molar-refractivity contribution in [3.8, 4) is 0 Å². The van der Waals surface area contributed by atoms with E-state index in [-0.39, 0.29) is 0 Å². The standard InChI is InChI=1S/C68H117NO48/c1-17-21(5)101-27(11-74)51(34(17)80)110-59-18(2)35(81)54(30(14-77)105-59)113-64-50(96)56(114-66-58(47(93)41(87)26(10-73)104-66)116-61-20(4)37(83)52(28(12-75)107-61)111-62-48(94)44(90)39(85)24(8-71)102-62)43(89)31(108-64)15-99-65-57(46(92)40(86)25(9-72)103-65)115-60-19(3)36(82)53(29(13-76)106-60)112-63-49(95)45(91)42(88)32(109-63)16-100-68(67(97)98)6-22(78)33(69)55(117-68)38(84)23(79)7-70/h17-66,70-96H,6-16,69H2,1-5H3,(H,97,98)/t17-,18?,19?,20+,21+,22-,23?,24?,25?,26-,27?,28?,29+,30?,31?,32?,33-,34?,35?,36?,37?,38-,39+,40-,41-,42+,43-,44?,45?,46?,47?,48+,49+,50-,51-,52-,53-,54-,55?,56?,57-,58?,59+,60+,61+,62+,63+,64+,65+,66-,68-/m1/s1. The number of aliphatic hydroxyl groups excluding tert-OH is 27. The summed E-state index contributed by atoms with van der Waals surface area (Å²) in [6, 6.07) is -1.56. The molecule has 0 aromatic rings. The largest absolute Gasteiger partial charge is 0.477 e. The van der Waals surface area contributed by atoms with Crippen LogP contribution in [0.4, 0.5) is 0 Å². The van der Waals surface area contributed by atoms with Crippen LogP contribution in [-0.2, 0) is 94.8 Å². The number of carboxylic acid groups (broad SMARTS) is 1. The van der Waals surface area contributed by atoms with Gasteiger partial charge < -0.3 is 239 Å². The second kappa shape index (κ2) is 41.4. The summed E-state index contributed by atoms with van der Waals surface area (Å²) >= 11 is 0. The van der Waals surface area contributed by atoms with E-state index in [1.54, 1.807) is 13.8 Å². The molecule has 10 aliphatic rings. The molecule has 30 N–H and O–H groups in total. The van der Waals surface area contributed by atoms with Crippen molar-refractivity contribution in [2.24, 2.45) is 29.4 Å². The van der Waals surface area contributed by atoms with E-state index in [0.29, 0.717) is 0 Å². The van der Waals surface area contributed by atoms with Crippen LogP contribution in [0, 0.1) is 23.7 Å². The number of rotatable bonds is 31. The Balaban J connectivity index is 0.893. The van der Waals surface area contributed by atoms with E-state index in [1.807, 2.05) is 0 Å². The van der Waals surface area contributed by atoms with Crippen LogP contribution in [0.2, 0.25) is 0 Å². The van der Waals surface area contributed by atoms with Gasteiger partial charge in [0.1, 0.15) is 189 Å². The van der Waals surface area contributed by atoms with E-state index in [0.717, 1.165) is 0 Å². The maximum absolute atomic E-state index is 12.8. The van der Waals surface area contributed by atoms with E-state index in [9.17, 15) is 148 Å². The SMILES string of the molecule is CC1C(O)[C@H](O[C@@H]2OC(CO[C@H]3OC(CO)[C@@H](O)C(O)[C@H]3O[C@@H]3O[C@@H](CO)[C@@H](O[C@@H]4OC(CO[C@]5(C(=O)O)C[C@@H](O)[C@@H](N)C([C@H](O)C(O)CO)O5)[C@H](O)C(O)[C@@H]4O)C(O)C3C)[C@@H](O)C(O[C@H]3O[C@H](CO)[C@@H](O)C(O)C3O[C@@H]3OC(CO)[C@@H](O[C@@H]4OC(CO)[C@H](O)C(O)[C@@H]4O)C(O)[C@@H]3C)[C@H]2O)C(CO)O[C@H]1O[C@@H]1C(CO)O[C@@H](C)[C@@H](C)C1O. The van der Waals surface area contributed by atoms with Crippen LogP contribution >= 0.6 is 0 Å². The molecule has 0 amide bonds. The molecule has 0 radical (unpaired) electrons. The zero-order valence-electron chi connectivity index (χ0n) is 63.9. The summed E-state index contributed by atoms with van der Waals surface area (Å²) in [5.41, 5.74) is 5.96. The molecule has 21 unspecified atom stereocenters. The molecule has 49 heteroatoms. The van der Waals surface area contributed by atoms with Crippen molar-refractivity contribution in [2.45, 2.75) is 329 Å². The second-order valence-electron chi connectivity index (χ2n) is 31.4. The molecule has 10 fully saturated rings. The molecule has 0 aromatic heterocycles. The summed E-state index contributed by atoms with van der Waals surface area (Å²) in [6.45, 7) is -2.70. The quantitative estimate of drug-likeness (QED) is 0.0306. The summed E-state index contributed by atoms with van der Waals surface area (Å²) in [4.78, 5) is 12.8. The van der Waals surface area contributed by atoms with Gasteiger partial charge in [-0.05, 0) is 6.92 Å². The molecule has 0 aromatic carbocycles. The Morgan fingerprint density at radius 1 is 0.350 bits per heavy atom. The normalized spacial score (nSPS) is 52.1. The highest BCUT2D eigenvalue weighted by molar-refractivity contribution is 5.76. The van der Waals surface area contributed by atoms with E-state index in [1.165, 1.54) is 20.8 Å². The van der Waals surface area contributed by atoms with Gasteiger partial charge in [-0.15, -0.1) is 0 Å². The van der Waals surface area contributed by atoms with E-state index in [2.05, 4.69) is 0 Å². The fraction of sp³-hybridized carbons (Fsp3) is 0.985. The number of nitrogens with two attached hydrogens (primary N) is 1. The van der Waals surface area contributed by atoms with Crippen LogP contribution in [0.3, 0.4) is 0 Å². The van der Waals surface area contributed by atoms with Gasteiger partial charge in [-0.3, -0.25) is 0 Å². The number of carboxylic acids is 1. The number of hydrogen-bond donors (Lipinski definition) is 29. The topological polar surface area (TPSA) is 785 Å². The predicted molar refractivity (Wildman–Crippen MR) is 365 cm³/mol. The van der Waals surface area contributed by atoms with Gasteiger partial charge in [0.15, 0.2) is 50.3 Å². The third-order valence-corrected chi connectivity index (χ3v) is 23.7. The Labute approximate surface area is 666 Å². The molecule has 0 spiro atoms. The lowest BCUT2D eigenvalue weighted by atomic mass is 9.88. The smallest absolute Gasteiger partial charge is 0.364 e. The van der Waals surface area contributed by atoms with Crippen LogP contribution in [0.15, 0.2) is 0 Å². The van der Waals surface area contributed by atoms with E-state index < -0.39 is 390 Å². The summed E-state index contributed by atoms with van der Waals surface area (Å²) in [6.07, 6.45) is -85.6. The first-order chi connectivity index (χ1) is 55.3. The van der Waals surface area contributed by atoms with Crippen molar-refractivity contribution in [1.29, 1.82) is 0 Å². The Morgan fingerprint density at radius 3 is 1.09 bits per heavy atom. The van der Waals surface area contributed by atoms with Gasteiger partial charge in [0.05, 0.1) is 109 Å². The maximum Gasteiger partial charge on any atom is 0.364 e. The van der Waals surface area contributed by atoms with Crippen LogP contribution in [0.1, 0.15) is 41.0 Å². The zero-order chi connectivity index (χ0) is 86.2. The van der Waals surface area contributed by atoms with Crippen molar-refractivity contribution >= 4 is 5.97 Å². The van der Waals surface area contributed by atoms with Crippen LogP contribution in [0.5, 0.6) is 0 Å². The number of aliphatic hydroxyl groups is 27. The fourth-order valence-electron chi connectivity index (χ4n) is 15.9. The Hall–Kier alpha value is -2.41. The first-order valence-electron chi connectivity index (χ1n) is 38.5. The number of hydrogen-bond acceptors (Lipinski definition) is 48.